The average Bonchev–Trinajstić information content (AvgIpc) is 3.50. The summed E-state index contributed by atoms with van der Waals surface area (Å²) in [6.45, 7) is 0. The van der Waals surface area contributed by atoms with Crippen molar-refractivity contribution in [3.8, 4) is 22.8 Å². The fraction of sp³-hybridized carbons (Fsp3) is 0.0417. The predicted octanol–water partition coefficient (Wildman–Crippen LogP) is 4.29. The van der Waals surface area contributed by atoms with Crippen LogP contribution in [0.25, 0.3) is 21.3 Å². The number of primary amides is 1. The second-order valence-electron chi connectivity index (χ2n) is 7.50. The van der Waals surface area contributed by atoms with Gasteiger partial charge in [-0.3, -0.25) is 14.7 Å². The lowest BCUT2D eigenvalue weighted by Gasteiger charge is -2.09. The summed E-state index contributed by atoms with van der Waals surface area (Å²) in [4.78, 5) is 32.5. The number of thiazole rings is 1. The van der Waals surface area contributed by atoms with E-state index in [1.807, 2.05) is 18.2 Å². The Bertz CT molecular complexity index is 1550. The van der Waals surface area contributed by atoms with Gasteiger partial charge in [-0.25, -0.2) is 14.4 Å². The number of benzene rings is 2. The van der Waals surface area contributed by atoms with Gasteiger partial charge >= 0.3 is 0 Å². The number of nitrogens with one attached hydrogen (secondary N) is 2. The largest absolute Gasteiger partial charge is 0.435 e. The molecule has 0 aliphatic heterocycles. The minimum Gasteiger partial charge on any atom is -0.435 e. The highest BCUT2D eigenvalue weighted by atomic mass is 32.1. The maximum atomic E-state index is 14.6. The van der Waals surface area contributed by atoms with Gasteiger partial charge in [0, 0.05) is 18.0 Å². The number of fused-ring (bicyclic) bond motifs is 1. The fourth-order valence-electron chi connectivity index (χ4n) is 3.42. The number of nitrogens with two attached hydrogens (primary N) is 1. The van der Waals surface area contributed by atoms with Crippen LogP contribution >= 0.6 is 11.3 Å². The van der Waals surface area contributed by atoms with Gasteiger partial charge in [0.15, 0.2) is 16.7 Å². The summed E-state index contributed by atoms with van der Waals surface area (Å²) < 4.78 is 21.0. The van der Waals surface area contributed by atoms with E-state index in [-0.39, 0.29) is 29.5 Å². The molecule has 0 fully saturated rings. The molecular formula is C24H17FN6O3S. The summed E-state index contributed by atoms with van der Waals surface area (Å²) >= 11 is 1.35. The van der Waals surface area contributed by atoms with Crippen LogP contribution in [0.5, 0.6) is 11.6 Å². The second kappa shape index (κ2) is 9.31. The van der Waals surface area contributed by atoms with Gasteiger partial charge < -0.3 is 15.8 Å². The number of halogens is 1. The zero-order chi connectivity index (χ0) is 24.4. The maximum Gasteiger partial charge on any atom is 0.254 e. The molecule has 0 bridgehead atoms. The van der Waals surface area contributed by atoms with Crippen LogP contribution in [0.2, 0.25) is 0 Å². The number of carbonyl (C=O) groups is 2. The molecule has 3 heterocycles. The third-order valence-electron chi connectivity index (χ3n) is 5.07. The predicted molar refractivity (Wildman–Crippen MR) is 129 cm³/mol. The van der Waals surface area contributed by atoms with Crippen molar-refractivity contribution in [3.63, 3.8) is 0 Å². The van der Waals surface area contributed by atoms with Crippen molar-refractivity contribution < 1.29 is 18.7 Å². The minimum atomic E-state index is -0.741. The van der Waals surface area contributed by atoms with E-state index in [0.29, 0.717) is 10.7 Å². The first-order valence-corrected chi connectivity index (χ1v) is 11.2. The van der Waals surface area contributed by atoms with Gasteiger partial charge in [-0.2, -0.15) is 5.10 Å². The number of nitrogens with zero attached hydrogens (tertiary/aromatic N) is 3. The Labute approximate surface area is 201 Å². The van der Waals surface area contributed by atoms with E-state index in [1.165, 1.54) is 41.8 Å². The van der Waals surface area contributed by atoms with Gasteiger partial charge in [-0.05, 0) is 47.5 Å². The van der Waals surface area contributed by atoms with E-state index in [9.17, 15) is 14.0 Å². The summed E-state index contributed by atoms with van der Waals surface area (Å²) in [5.41, 5.74) is 8.41. The molecule has 0 saturated carbocycles. The molecule has 4 N–H and O–H groups in total. The summed E-state index contributed by atoms with van der Waals surface area (Å²) in [5, 5.41) is 9.94. The van der Waals surface area contributed by atoms with E-state index in [1.54, 1.807) is 18.5 Å². The first kappa shape index (κ1) is 22.2. The van der Waals surface area contributed by atoms with Crippen LogP contribution in [0.3, 0.4) is 0 Å². The van der Waals surface area contributed by atoms with E-state index in [2.05, 4.69) is 25.5 Å². The Morgan fingerprint density at radius 1 is 1.14 bits per heavy atom. The summed E-state index contributed by atoms with van der Waals surface area (Å²) in [5.74, 6) is -2.03. The zero-order valence-corrected chi connectivity index (χ0v) is 18.8. The quantitative estimate of drug-likeness (QED) is 0.313. The lowest BCUT2D eigenvalue weighted by molar-refractivity contribution is -0.115. The van der Waals surface area contributed by atoms with Gasteiger partial charge in [0.1, 0.15) is 5.56 Å². The number of aromatic nitrogens is 4. The summed E-state index contributed by atoms with van der Waals surface area (Å²) in [7, 11) is 0. The first-order valence-electron chi connectivity index (χ1n) is 10.4. The molecule has 2 amide bonds. The lowest BCUT2D eigenvalue weighted by Crippen LogP contribution is -2.14. The van der Waals surface area contributed by atoms with Gasteiger partial charge in [0.25, 0.3) is 5.91 Å². The lowest BCUT2D eigenvalue weighted by atomic mass is 10.1. The highest BCUT2D eigenvalue weighted by molar-refractivity contribution is 7.22. The molecule has 3 aromatic heterocycles. The van der Waals surface area contributed by atoms with Crippen molar-refractivity contribution >= 4 is 38.5 Å². The number of aromatic amines is 1. The monoisotopic (exact) mass is 488 g/mol. The fourth-order valence-corrected chi connectivity index (χ4v) is 4.28. The third kappa shape index (κ3) is 4.84. The summed E-state index contributed by atoms with van der Waals surface area (Å²) in [6, 6.07) is 12.9. The van der Waals surface area contributed by atoms with Crippen LogP contribution in [0, 0.1) is 5.82 Å². The minimum absolute atomic E-state index is 0.0306. The molecular weight excluding hydrogens is 471 g/mol. The summed E-state index contributed by atoms with van der Waals surface area (Å²) in [6.07, 6.45) is 4.85. The van der Waals surface area contributed by atoms with Crippen LogP contribution in [0.1, 0.15) is 15.9 Å². The number of H-pyrrole nitrogens is 1. The maximum absolute atomic E-state index is 14.6. The number of rotatable bonds is 7. The van der Waals surface area contributed by atoms with E-state index >= 15 is 0 Å². The van der Waals surface area contributed by atoms with E-state index in [0.717, 1.165) is 21.3 Å². The van der Waals surface area contributed by atoms with Crippen molar-refractivity contribution in [2.24, 2.45) is 5.73 Å². The van der Waals surface area contributed by atoms with Crippen LogP contribution in [0.15, 0.2) is 67.1 Å². The average molecular weight is 489 g/mol. The standard InChI is InChI=1S/C24H17FN6O3S/c25-17-8-13(3-5-19(17)34-23-16(22(26)33)2-1-7-27-23)9-21(32)31-24-30-18-10-14(4-6-20(18)35-24)15-11-28-29-12-15/h1-8,10-12H,9H2,(H2,26,33)(H,28,29)(H,30,31,32). The van der Waals surface area contributed by atoms with Crippen molar-refractivity contribution in [2.45, 2.75) is 6.42 Å². The van der Waals surface area contributed by atoms with Gasteiger partial charge in [0.2, 0.25) is 11.8 Å². The molecule has 11 heteroatoms. The smallest absolute Gasteiger partial charge is 0.254 e. The van der Waals surface area contributed by atoms with Crippen LogP contribution in [-0.2, 0) is 11.2 Å². The highest BCUT2D eigenvalue weighted by Gasteiger charge is 2.15. The topological polar surface area (TPSA) is 136 Å². The number of anilines is 1. The van der Waals surface area contributed by atoms with E-state index < -0.39 is 11.7 Å². The molecule has 5 rings (SSSR count). The zero-order valence-electron chi connectivity index (χ0n) is 18.0. The van der Waals surface area contributed by atoms with Gasteiger partial charge in [-0.15, -0.1) is 0 Å². The molecule has 5 aromatic rings. The molecule has 0 atom stereocenters. The Kier molecular flexibility index (Phi) is 5.90. The number of amides is 2. The molecule has 0 saturated heterocycles. The molecule has 0 radical (unpaired) electrons. The molecule has 2 aromatic carbocycles. The third-order valence-corrected chi connectivity index (χ3v) is 6.02. The van der Waals surface area contributed by atoms with Crippen molar-refractivity contribution in [1.82, 2.24) is 20.2 Å². The molecule has 9 nitrogen and oxygen atoms in total. The Hall–Kier alpha value is -4.64. The molecule has 35 heavy (non-hydrogen) atoms. The molecule has 0 unspecified atom stereocenters. The number of pyridine rings is 1. The van der Waals surface area contributed by atoms with Gasteiger partial charge in [0.05, 0.1) is 22.8 Å². The normalized spacial score (nSPS) is 10.9. The van der Waals surface area contributed by atoms with E-state index in [4.69, 9.17) is 10.5 Å². The Morgan fingerprint density at radius 2 is 2.03 bits per heavy atom. The second-order valence-corrected chi connectivity index (χ2v) is 8.53. The SMILES string of the molecule is NC(=O)c1cccnc1Oc1ccc(CC(=O)Nc2nc3cc(-c4cn[nH]c4)ccc3s2)cc1F. The van der Waals surface area contributed by atoms with Gasteiger partial charge in [-0.1, -0.05) is 23.5 Å². The van der Waals surface area contributed by atoms with Crippen LogP contribution in [0.4, 0.5) is 9.52 Å². The van der Waals surface area contributed by atoms with Crippen LogP contribution in [-0.4, -0.2) is 32.0 Å². The van der Waals surface area contributed by atoms with Crippen LogP contribution < -0.4 is 15.8 Å². The number of ether oxygens (including phenoxy) is 1. The Morgan fingerprint density at radius 3 is 2.80 bits per heavy atom. The molecule has 0 aliphatic rings. The molecule has 0 aliphatic carbocycles. The number of hydrogen-bond acceptors (Lipinski definition) is 7. The number of carbonyl (C=O) groups excluding carboxylic acids is 2. The molecule has 0 spiro atoms. The van der Waals surface area contributed by atoms with Crippen molar-refractivity contribution in [2.75, 3.05) is 5.32 Å². The first-order chi connectivity index (χ1) is 17.0. The molecule has 174 valence electrons. The van der Waals surface area contributed by atoms with Crippen molar-refractivity contribution in [3.05, 3.63) is 84.1 Å². The Balaban J connectivity index is 1.27. The highest BCUT2D eigenvalue weighted by Crippen LogP contribution is 2.30. The van der Waals surface area contributed by atoms with Crippen molar-refractivity contribution in [1.29, 1.82) is 0 Å². The number of hydrogen-bond donors (Lipinski definition) is 3.